The van der Waals surface area contributed by atoms with Crippen LogP contribution in [0, 0.1) is 18.3 Å². The molecule has 2 rings (SSSR count). The molecule has 0 N–H and O–H groups in total. The Morgan fingerprint density at radius 1 is 0.826 bits per heavy atom. The molecule has 0 atom stereocenters. The zero-order valence-corrected chi connectivity index (χ0v) is 16.7. The molecule has 0 heterocycles. The standard InChI is InChI=1S/C22H30.V/c1-17(2)22(4,5)16-21-14-18(3)13-20(15-21)12-11-19-9-7-6-8-10-19;/h6-10,13-15,17H,11-12,16H2,1-5H3;. The van der Waals surface area contributed by atoms with Gasteiger partial charge in [-0.15, -0.1) is 0 Å². The van der Waals surface area contributed by atoms with E-state index in [1.165, 1.54) is 22.3 Å². The smallest absolute Gasteiger partial charge is 0 e. The second kappa shape index (κ2) is 8.76. The molecular formula is C22H30V. The average Bonchev–Trinajstić information content (AvgIpc) is 2.45. The molecule has 0 saturated heterocycles. The maximum Gasteiger partial charge on any atom is 0 e. The molecule has 0 saturated carbocycles. The summed E-state index contributed by atoms with van der Waals surface area (Å²) < 4.78 is 0. The van der Waals surface area contributed by atoms with Crippen LogP contribution in [0.3, 0.4) is 0 Å². The Kier molecular flexibility index (Phi) is 7.64. The molecule has 2 aromatic rings. The number of hydrogen-bond donors (Lipinski definition) is 0. The monoisotopic (exact) mass is 345 g/mol. The quantitative estimate of drug-likeness (QED) is 0.602. The van der Waals surface area contributed by atoms with E-state index in [-0.39, 0.29) is 18.6 Å². The van der Waals surface area contributed by atoms with Gasteiger partial charge in [0.1, 0.15) is 0 Å². The first kappa shape index (κ1) is 20.1. The van der Waals surface area contributed by atoms with Crippen LogP contribution in [-0.2, 0) is 37.8 Å². The van der Waals surface area contributed by atoms with Crippen LogP contribution in [0.4, 0.5) is 0 Å². The second-order valence-corrected chi connectivity index (χ2v) is 7.63. The van der Waals surface area contributed by atoms with E-state index < -0.39 is 0 Å². The molecule has 0 amide bonds. The molecule has 0 aromatic heterocycles. The first-order chi connectivity index (χ1) is 10.4. The van der Waals surface area contributed by atoms with Gasteiger partial charge in [-0.1, -0.05) is 81.8 Å². The van der Waals surface area contributed by atoms with Crippen LogP contribution in [0.1, 0.15) is 49.9 Å². The van der Waals surface area contributed by atoms with Crippen LogP contribution in [0.5, 0.6) is 0 Å². The molecule has 1 radical (unpaired) electrons. The molecule has 1 heteroatoms. The van der Waals surface area contributed by atoms with Crippen LogP contribution in [0.2, 0.25) is 0 Å². The van der Waals surface area contributed by atoms with Gasteiger partial charge in [-0.2, -0.15) is 0 Å². The summed E-state index contributed by atoms with van der Waals surface area (Å²) in [4.78, 5) is 0. The molecule has 0 nitrogen and oxygen atoms in total. The Morgan fingerprint density at radius 2 is 1.39 bits per heavy atom. The van der Waals surface area contributed by atoms with Crippen molar-refractivity contribution in [2.24, 2.45) is 11.3 Å². The predicted octanol–water partition coefficient (Wildman–Crippen LogP) is 6.00. The van der Waals surface area contributed by atoms with Gasteiger partial charge in [0, 0.05) is 18.6 Å². The summed E-state index contributed by atoms with van der Waals surface area (Å²) in [7, 11) is 0. The fourth-order valence-corrected chi connectivity index (χ4v) is 2.86. The van der Waals surface area contributed by atoms with Crippen LogP contribution in [0.25, 0.3) is 0 Å². The number of rotatable bonds is 6. The molecule has 0 unspecified atom stereocenters. The Balaban J connectivity index is 0.00000264. The Bertz CT molecular complexity index is 597. The topological polar surface area (TPSA) is 0 Å². The van der Waals surface area contributed by atoms with Gasteiger partial charge in [-0.05, 0) is 54.2 Å². The maximum atomic E-state index is 2.42. The molecular weight excluding hydrogens is 315 g/mol. The van der Waals surface area contributed by atoms with Crippen molar-refractivity contribution >= 4 is 0 Å². The van der Waals surface area contributed by atoms with Gasteiger partial charge in [-0.25, -0.2) is 0 Å². The van der Waals surface area contributed by atoms with Crippen LogP contribution >= 0.6 is 0 Å². The van der Waals surface area contributed by atoms with Crippen LogP contribution in [-0.4, -0.2) is 0 Å². The molecule has 0 fully saturated rings. The summed E-state index contributed by atoms with van der Waals surface area (Å²) in [6.45, 7) is 11.6. The molecule has 23 heavy (non-hydrogen) atoms. The van der Waals surface area contributed by atoms with Gasteiger partial charge in [-0.3, -0.25) is 0 Å². The summed E-state index contributed by atoms with van der Waals surface area (Å²) in [5.74, 6) is 0.695. The van der Waals surface area contributed by atoms with Gasteiger partial charge < -0.3 is 0 Å². The van der Waals surface area contributed by atoms with Gasteiger partial charge in [0.2, 0.25) is 0 Å². The molecule has 0 aliphatic carbocycles. The first-order valence-electron chi connectivity index (χ1n) is 8.50. The third kappa shape index (κ3) is 6.20. The Morgan fingerprint density at radius 3 is 2.00 bits per heavy atom. The van der Waals surface area contributed by atoms with E-state index in [1.54, 1.807) is 0 Å². The number of hydrogen-bond acceptors (Lipinski definition) is 0. The summed E-state index contributed by atoms with van der Waals surface area (Å²) >= 11 is 0. The van der Waals surface area contributed by atoms with Crippen molar-refractivity contribution < 1.29 is 18.6 Å². The van der Waals surface area contributed by atoms with E-state index >= 15 is 0 Å². The predicted molar refractivity (Wildman–Crippen MR) is 97.4 cm³/mol. The summed E-state index contributed by atoms with van der Waals surface area (Å²) in [6.07, 6.45) is 3.41. The Hall–Kier alpha value is -0.976. The van der Waals surface area contributed by atoms with E-state index in [2.05, 4.69) is 83.1 Å². The minimum atomic E-state index is 0. The van der Waals surface area contributed by atoms with Gasteiger partial charge in [0.25, 0.3) is 0 Å². The fraction of sp³-hybridized carbons (Fsp3) is 0.455. The van der Waals surface area contributed by atoms with Crippen molar-refractivity contribution in [2.75, 3.05) is 0 Å². The SMILES string of the molecule is Cc1cc(CCc2ccccc2)cc(CC(C)(C)C(C)C)c1.[V]. The van der Waals surface area contributed by atoms with Crippen LogP contribution < -0.4 is 0 Å². The van der Waals surface area contributed by atoms with Gasteiger partial charge in [0.15, 0.2) is 0 Å². The largest absolute Gasteiger partial charge is 0.0623 e. The molecule has 0 bridgehead atoms. The minimum Gasteiger partial charge on any atom is -0.0623 e. The van der Waals surface area contributed by atoms with Crippen LogP contribution in [0.15, 0.2) is 48.5 Å². The molecule has 0 aliphatic rings. The third-order valence-corrected chi connectivity index (χ3v) is 4.96. The fourth-order valence-electron chi connectivity index (χ4n) is 2.86. The Labute approximate surface area is 154 Å². The molecule has 2 aromatic carbocycles. The van der Waals surface area contributed by atoms with E-state index in [1.807, 2.05) is 0 Å². The number of aryl methyl sites for hydroxylation is 3. The van der Waals surface area contributed by atoms with Crippen molar-refractivity contribution in [3.63, 3.8) is 0 Å². The molecule has 0 spiro atoms. The van der Waals surface area contributed by atoms with E-state index in [0.717, 1.165) is 19.3 Å². The zero-order chi connectivity index (χ0) is 16.2. The minimum absolute atomic E-state index is 0. The number of benzene rings is 2. The maximum absolute atomic E-state index is 2.42. The normalized spacial score (nSPS) is 11.4. The van der Waals surface area contributed by atoms with Crippen molar-refractivity contribution in [3.8, 4) is 0 Å². The summed E-state index contributed by atoms with van der Waals surface area (Å²) in [5.41, 5.74) is 6.12. The summed E-state index contributed by atoms with van der Waals surface area (Å²) in [6, 6.07) is 17.9. The zero-order valence-electron chi connectivity index (χ0n) is 15.3. The second-order valence-electron chi connectivity index (χ2n) is 7.63. The van der Waals surface area contributed by atoms with E-state index in [9.17, 15) is 0 Å². The van der Waals surface area contributed by atoms with E-state index in [0.29, 0.717) is 11.3 Å². The third-order valence-electron chi connectivity index (χ3n) is 4.96. The molecule has 0 aliphatic heterocycles. The van der Waals surface area contributed by atoms with Crippen molar-refractivity contribution in [2.45, 2.75) is 53.9 Å². The molecule has 123 valence electrons. The first-order valence-corrected chi connectivity index (χ1v) is 8.50. The van der Waals surface area contributed by atoms with Crippen molar-refractivity contribution in [3.05, 3.63) is 70.8 Å². The van der Waals surface area contributed by atoms with Gasteiger partial charge >= 0.3 is 0 Å². The summed E-state index contributed by atoms with van der Waals surface area (Å²) in [5, 5.41) is 0. The van der Waals surface area contributed by atoms with Crippen molar-refractivity contribution in [1.82, 2.24) is 0 Å². The van der Waals surface area contributed by atoms with Crippen molar-refractivity contribution in [1.29, 1.82) is 0 Å². The average molecular weight is 345 g/mol. The van der Waals surface area contributed by atoms with E-state index in [4.69, 9.17) is 0 Å². The van der Waals surface area contributed by atoms with Gasteiger partial charge in [0.05, 0.1) is 0 Å².